The van der Waals surface area contributed by atoms with Crippen LogP contribution < -0.4 is 22.0 Å². The summed E-state index contributed by atoms with van der Waals surface area (Å²) >= 11 is 0. The number of Topliss-reactive ketones (excluding diaryl/α,β-unsaturated/α-hetero) is 1. The number of hydrogen-bond acceptors (Lipinski definition) is 7. The molecule has 0 spiro atoms. The number of nitrogens with zero attached hydrogens (tertiary/aromatic N) is 4. The van der Waals surface area contributed by atoms with E-state index in [2.05, 4.69) is 20.4 Å². The Hall–Kier alpha value is -3.85. The zero-order chi connectivity index (χ0) is 19.4. The summed E-state index contributed by atoms with van der Waals surface area (Å²) in [5, 5.41) is 1.69. The first-order valence-corrected chi connectivity index (χ1v) is 8.78. The lowest BCUT2D eigenvalue weighted by Crippen LogP contribution is -2.34. The van der Waals surface area contributed by atoms with Gasteiger partial charge in [-0.25, -0.2) is 15.1 Å². The highest BCUT2D eigenvalue weighted by Crippen LogP contribution is 2.26. The van der Waals surface area contributed by atoms with Crippen LogP contribution in [0.4, 0.5) is 5.69 Å². The smallest absolute Gasteiger partial charge is 0.210 e. The summed E-state index contributed by atoms with van der Waals surface area (Å²) in [5.41, 5.74) is 14.3. The number of nitrogens with two attached hydrogens (primary N) is 2. The summed E-state index contributed by atoms with van der Waals surface area (Å²) in [6.07, 6.45) is 1.69. The van der Waals surface area contributed by atoms with Crippen molar-refractivity contribution in [3.05, 3.63) is 65.5 Å². The summed E-state index contributed by atoms with van der Waals surface area (Å²) < 4.78 is 1.54. The lowest BCUT2D eigenvalue weighted by Gasteiger charge is -2.19. The molecule has 4 aromatic rings. The third-order valence-corrected chi connectivity index (χ3v) is 4.98. The van der Waals surface area contributed by atoms with E-state index in [0.717, 1.165) is 27.8 Å². The first-order valence-electron chi connectivity index (χ1n) is 8.78. The highest BCUT2D eigenvalue weighted by Gasteiger charge is 2.28. The number of carbonyl (C=O) groups is 1. The summed E-state index contributed by atoms with van der Waals surface area (Å²) in [6.45, 7) is 2.17. The minimum atomic E-state index is -0.159. The molecule has 6 N–H and O–H groups in total. The van der Waals surface area contributed by atoms with E-state index in [9.17, 15) is 4.79 Å². The SMILES string of the molecule is Cc1nc2cc(N3NCC(C(=O)c4cc5ncccc5[nH]4)=C3N)ccc2n1N. The maximum Gasteiger partial charge on any atom is 0.210 e. The lowest BCUT2D eigenvalue weighted by molar-refractivity contribution is 0.102. The Labute approximate surface area is 159 Å². The summed E-state index contributed by atoms with van der Waals surface area (Å²) in [6, 6.07) is 11.1. The van der Waals surface area contributed by atoms with E-state index in [0.29, 0.717) is 29.5 Å². The molecule has 9 nitrogen and oxygen atoms in total. The van der Waals surface area contributed by atoms with Crippen molar-refractivity contribution in [3.8, 4) is 0 Å². The number of ketones is 1. The van der Waals surface area contributed by atoms with Crippen LogP contribution >= 0.6 is 0 Å². The molecule has 1 aliphatic rings. The van der Waals surface area contributed by atoms with Gasteiger partial charge in [-0.15, -0.1) is 0 Å². The molecule has 0 aliphatic carbocycles. The van der Waals surface area contributed by atoms with Crippen LogP contribution in [-0.4, -0.2) is 32.0 Å². The molecule has 0 amide bonds. The number of H-pyrrole nitrogens is 1. The molecule has 4 heterocycles. The van der Waals surface area contributed by atoms with E-state index in [1.807, 2.05) is 37.3 Å². The zero-order valence-corrected chi connectivity index (χ0v) is 15.1. The molecule has 0 bridgehead atoms. The fourth-order valence-corrected chi connectivity index (χ4v) is 3.48. The number of pyridine rings is 1. The van der Waals surface area contributed by atoms with Gasteiger partial charge in [-0.3, -0.25) is 14.8 Å². The fraction of sp³-hybridized carbons (Fsp3) is 0.105. The van der Waals surface area contributed by atoms with Crippen molar-refractivity contribution in [2.24, 2.45) is 5.73 Å². The van der Waals surface area contributed by atoms with Crippen molar-refractivity contribution >= 4 is 33.5 Å². The summed E-state index contributed by atoms with van der Waals surface area (Å²) in [4.78, 5) is 24.8. The number of aromatic amines is 1. The normalized spacial score (nSPS) is 14.5. The highest BCUT2D eigenvalue weighted by atomic mass is 16.1. The van der Waals surface area contributed by atoms with E-state index in [-0.39, 0.29) is 5.78 Å². The Morgan fingerprint density at radius 2 is 2.07 bits per heavy atom. The average molecular weight is 374 g/mol. The third-order valence-electron chi connectivity index (χ3n) is 4.98. The number of hydrazine groups is 1. The van der Waals surface area contributed by atoms with Gasteiger partial charge in [0.1, 0.15) is 11.6 Å². The van der Waals surface area contributed by atoms with Crippen LogP contribution in [0.5, 0.6) is 0 Å². The van der Waals surface area contributed by atoms with Gasteiger partial charge in [0.2, 0.25) is 5.78 Å². The quantitative estimate of drug-likeness (QED) is 0.314. The summed E-state index contributed by atoms with van der Waals surface area (Å²) in [7, 11) is 0. The van der Waals surface area contributed by atoms with E-state index >= 15 is 0 Å². The van der Waals surface area contributed by atoms with Crippen LogP contribution in [-0.2, 0) is 0 Å². The van der Waals surface area contributed by atoms with Gasteiger partial charge in [-0.2, -0.15) is 0 Å². The van der Waals surface area contributed by atoms with E-state index in [1.165, 1.54) is 4.68 Å². The van der Waals surface area contributed by atoms with Gasteiger partial charge in [0, 0.05) is 12.7 Å². The second-order valence-electron chi connectivity index (χ2n) is 6.68. The number of benzene rings is 1. The number of rotatable bonds is 3. The van der Waals surface area contributed by atoms with Crippen LogP contribution in [0.1, 0.15) is 16.3 Å². The van der Waals surface area contributed by atoms with Crippen molar-refractivity contribution in [1.82, 2.24) is 25.1 Å². The number of nitrogen functional groups attached to an aromatic ring is 1. The van der Waals surface area contributed by atoms with Crippen molar-refractivity contribution < 1.29 is 4.79 Å². The zero-order valence-electron chi connectivity index (χ0n) is 15.1. The number of anilines is 1. The molecule has 0 fully saturated rings. The molecule has 0 saturated heterocycles. The molecule has 0 radical (unpaired) electrons. The Morgan fingerprint density at radius 3 is 2.89 bits per heavy atom. The van der Waals surface area contributed by atoms with Gasteiger partial charge in [-0.1, -0.05) is 0 Å². The number of aromatic nitrogens is 4. The minimum absolute atomic E-state index is 0.159. The average Bonchev–Trinajstić information content (AvgIpc) is 3.37. The molecule has 28 heavy (non-hydrogen) atoms. The number of hydrogen-bond donors (Lipinski definition) is 4. The number of fused-ring (bicyclic) bond motifs is 2. The van der Waals surface area contributed by atoms with Gasteiger partial charge in [-0.05, 0) is 43.3 Å². The second kappa shape index (κ2) is 5.83. The fourth-order valence-electron chi connectivity index (χ4n) is 3.48. The number of nitrogens with one attached hydrogen (secondary N) is 2. The Balaban J connectivity index is 1.50. The van der Waals surface area contributed by atoms with Crippen LogP contribution in [0.15, 0.2) is 54.0 Å². The standard InChI is InChI=1S/C19H18N8O/c1-10-24-15-7-11(4-5-17(15)26(10)21)27-19(20)12(9-23-27)18(28)16-8-14-13(25-16)3-2-6-22-14/h2-8,23,25H,9,20-21H2,1H3. The predicted molar refractivity (Wildman–Crippen MR) is 107 cm³/mol. The Bertz CT molecular complexity index is 1250. The highest BCUT2D eigenvalue weighted by molar-refractivity contribution is 6.11. The molecule has 1 aromatic carbocycles. The molecule has 3 aromatic heterocycles. The summed E-state index contributed by atoms with van der Waals surface area (Å²) in [5.74, 6) is 6.88. The van der Waals surface area contributed by atoms with Crippen LogP contribution in [0, 0.1) is 6.92 Å². The van der Waals surface area contributed by atoms with Crippen molar-refractivity contribution in [2.75, 3.05) is 17.4 Å². The number of aryl methyl sites for hydroxylation is 1. The molecule has 1 aliphatic heterocycles. The van der Waals surface area contributed by atoms with Crippen LogP contribution in [0.2, 0.25) is 0 Å². The largest absolute Gasteiger partial charge is 0.384 e. The van der Waals surface area contributed by atoms with Crippen molar-refractivity contribution in [1.29, 1.82) is 0 Å². The van der Waals surface area contributed by atoms with Crippen molar-refractivity contribution in [3.63, 3.8) is 0 Å². The van der Waals surface area contributed by atoms with Gasteiger partial charge in [0.05, 0.1) is 39.0 Å². The van der Waals surface area contributed by atoms with Gasteiger partial charge in [0.15, 0.2) is 0 Å². The van der Waals surface area contributed by atoms with Crippen LogP contribution in [0.3, 0.4) is 0 Å². The van der Waals surface area contributed by atoms with Crippen LogP contribution in [0.25, 0.3) is 22.1 Å². The number of imidazole rings is 1. The van der Waals surface area contributed by atoms with E-state index in [1.54, 1.807) is 17.3 Å². The third kappa shape index (κ3) is 2.33. The van der Waals surface area contributed by atoms with E-state index in [4.69, 9.17) is 11.6 Å². The van der Waals surface area contributed by atoms with E-state index < -0.39 is 0 Å². The maximum atomic E-state index is 13.0. The molecule has 0 unspecified atom stereocenters. The monoisotopic (exact) mass is 374 g/mol. The van der Waals surface area contributed by atoms with Gasteiger partial charge >= 0.3 is 0 Å². The first-order chi connectivity index (χ1) is 13.5. The molecule has 140 valence electrons. The maximum absolute atomic E-state index is 13.0. The molecular weight excluding hydrogens is 356 g/mol. The molecule has 0 atom stereocenters. The Kier molecular flexibility index (Phi) is 3.40. The molecule has 9 heteroatoms. The molecule has 5 rings (SSSR count). The Morgan fingerprint density at radius 1 is 1.21 bits per heavy atom. The first kappa shape index (κ1) is 16.3. The predicted octanol–water partition coefficient (Wildman–Crippen LogP) is 1.31. The van der Waals surface area contributed by atoms with Gasteiger partial charge < -0.3 is 16.6 Å². The second-order valence-corrected chi connectivity index (χ2v) is 6.68. The topological polar surface area (TPSA) is 131 Å². The van der Waals surface area contributed by atoms with Gasteiger partial charge in [0.25, 0.3) is 0 Å². The molecular formula is C19H18N8O. The van der Waals surface area contributed by atoms with Crippen molar-refractivity contribution in [2.45, 2.75) is 6.92 Å². The minimum Gasteiger partial charge on any atom is -0.384 e. The number of carbonyl (C=O) groups excluding carboxylic acids is 1. The lowest BCUT2D eigenvalue weighted by atomic mass is 10.1. The molecule has 0 saturated carbocycles.